The molecule has 1 aromatic rings. The van der Waals surface area contributed by atoms with Gasteiger partial charge < -0.3 is 25.0 Å². The van der Waals surface area contributed by atoms with Gasteiger partial charge >= 0.3 is 0 Å². The largest absolute Gasteiger partial charge is 0.504 e. The molecule has 18 heavy (non-hydrogen) atoms. The van der Waals surface area contributed by atoms with Crippen LogP contribution in [0.5, 0.6) is 11.5 Å². The molecular formula is C12H17NO5. The van der Waals surface area contributed by atoms with Gasteiger partial charge in [0.2, 0.25) is 0 Å². The molecule has 100 valence electrons. The van der Waals surface area contributed by atoms with Gasteiger partial charge in [0.15, 0.2) is 11.5 Å². The fourth-order valence-electron chi connectivity index (χ4n) is 1.25. The Hall–Kier alpha value is -1.79. The second-order valence-electron chi connectivity index (χ2n) is 3.56. The molecule has 0 saturated carbocycles. The zero-order chi connectivity index (χ0) is 13.4. The number of nitrogens with one attached hydrogen (secondary N) is 1. The maximum Gasteiger partial charge on any atom is 0.251 e. The van der Waals surface area contributed by atoms with Gasteiger partial charge in [-0.05, 0) is 18.2 Å². The summed E-state index contributed by atoms with van der Waals surface area (Å²) in [5, 5.41) is 21.0. The van der Waals surface area contributed by atoms with E-state index in [0.717, 1.165) is 0 Å². The van der Waals surface area contributed by atoms with E-state index < -0.39 is 0 Å². The first-order chi connectivity index (χ1) is 8.65. The Balaban J connectivity index is 2.30. The molecular weight excluding hydrogens is 238 g/mol. The maximum absolute atomic E-state index is 11.6. The number of carbonyl (C=O) groups is 1. The first-order valence-electron chi connectivity index (χ1n) is 5.52. The number of aromatic hydroxyl groups is 2. The summed E-state index contributed by atoms with van der Waals surface area (Å²) < 4.78 is 9.97. The van der Waals surface area contributed by atoms with Crippen molar-refractivity contribution in [1.82, 2.24) is 5.32 Å². The van der Waals surface area contributed by atoms with Crippen LogP contribution < -0.4 is 5.32 Å². The third-order valence-electron chi connectivity index (χ3n) is 2.20. The van der Waals surface area contributed by atoms with E-state index in [4.69, 9.17) is 14.6 Å². The van der Waals surface area contributed by atoms with Gasteiger partial charge in [-0.15, -0.1) is 0 Å². The number of benzene rings is 1. The van der Waals surface area contributed by atoms with Crippen LogP contribution in [0.3, 0.4) is 0 Å². The van der Waals surface area contributed by atoms with Crippen molar-refractivity contribution in [1.29, 1.82) is 0 Å². The second kappa shape index (κ2) is 7.52. The fourth-order valence-corrected chi connectivity index (χ4v) is 1.25. The Morgan fingerprint density at radius 1 is 1.22 bits per heavy atom. The molecule has 0 unspecified atom stereocenters. The predicted molar refractivity (Wildman–Crippen MR) is 64.8 cm³/mol. The molecule has 0 aliphatic rings. The molecule has 0 aliphatic carbocycles. The molecule has 0 heterocycles. The van der Waals surface area contributed by atoms with Crippen LogP contribution in [0.1, 0.15) is 10.4 Å². The minimum Gasteiger partial charge on any atom is -0.504 e. The van der Waals surface area contributed by atoms with Gasteiger partial charge in [-0.1, -0.05) is 0 Å². The highest BCUT2D eigenvalue weighted by Gasteiger charge is 2.07. The monoisotopic (exact) mass is 255 g/mol. The van der Waals surface area contributed by atoms with Crippen LogP contribution >= 0.6 is 0 Å². The van der Waals surface area contributed by atoms with Crippen LogP contribution in [-0.4, -0.2) is 49.6 Å². The first-order valence-corrected chi connectivity index (χ1v) is 5.52. The summed E-state index contributed by atoms with van der Waals surface area (Å²) in [7, 11) is 1.59. The van der Waals surface area contributed by atoms with Gasteiger partial charge in [-0.2, -0.15) is 0 Å². The number of hydrogen-bond donors (Lipinski definition) is 3. The average molecular weight is 255 g/mol. The summed E-state index contributed by atoms with van der Waals surface area (Å²) in [6, 6.07) is 3.89. The van der Waals surface area contributed by atoms with Crippen molar-refractivity contribution in [3.63, 3.8) is 0 Å². The molecule has 0 saturated heterocycles. The van der Waals surface area contributed by atoms with E-state index in [1.54, 1.807) is 7.11 Å². The van der Waals surface area contributed by atoms with Gasteiger partial charge in [0.1, 0.15) is 0 Å². The highest BCUT2D eigenvalue weighted by atomic mass is 16.5. The molecule has 0 aromatic heterocycles. The average Bonchev–Trinajstić information content (AvgIpc) is 2.36. The van der Waals surface area contributed by atoms with Crippen molar-refractivity contribution in [2.45, 2.75) is 0 Å². The summed E-state index contributed by atoms with van der Waals surface area (Å²) >= 11 is 0. The lowest BCUT2D eigenvalue weighted by Gasteiger charge is -2.07. The van der Waals surface area contributed by atoms with E-state index in [0.29, 0.717) is 26.4 Å². The Labute approximate surface area is 105 Å². The molecule has 6 nitrogen and oxygen atoms in total. The molecule has 0 fully saturated rings. The summed E-state index contributed by atoms with van der Waals surface area (Å²) in [5.74, 6) is -0.908. The normalized spacial score (nSPS) is 10.3. The number of ether oxygens (including phenoxy) is 2. The van der Waals surface area contributed by atoms with Crippen LogP contribution in [0.15, 0.2) is 18.2 Å². The summed E-state index contributed by atoms with van der Waals surface area (Å²) in [5.41, 5.74) is 0.280. The van der Waals surface area contributed by atoms with Crippen LogP contribution in [0.25, 0.3) is 0 Å². The molecule has 3 N–H and O–H groups in total. The van der Waals surface area contributed by atoms with Crippen molar-refractivity contribution in [3.8, 4) is 11.5 Å². The number of carbonyl (C=O) groups excluding carboxylic acids is 1. The van der Waals surface area contributed by atoms with Gasteiger partial charge in [0, 0.05) is 19.2 Å². The molecule has 1 amide bonds. The first kappa shape index (κ1) is 14.3. The van der Waals surface area contributed by atoms with Crippen molar-refractivity contribution in [2.75, 3.05) is 33.5 Å². The lowest BCUT2D eigenvalue weighted by molar-refractivity contribution is 0.0692. The second-order valence-corrected chi connectivity index (χ2v) is 3.56. The predicted octanol–water partition coefficient (Wildman–Crippen LogP) is 0.491. The molecule has 0 bridgehead atoms. The van der Waals surface area contributed by atoms with Gasteiger partial charge in [-0.25, -0.2) is 0 Å². The van der Waals surface area contributed by atoms with E-state index in [9.17, 15) is 9.90 Å². The quantitative estimate of drug-likeness (QED) is 0.487. The Bertz CT molecular complexity index is 394. The Morgan fingerprint density at radius 2 is 2.00 bits per heavy atom. The number of amides is 1. The molecule has 0 atom stereocenters. The Kier molecular flexibility index (Phi) is 5.96. The van der Waals surface area contributed by atoms with E-state index in [2.05, 4.69) is 5.32 Å². The van der Waals surface area contributed by atoms with E-state index in [-0.39, 0.29) is 23.0 Å². The Morgan fingerprint density at radius 3 is 2.67 bits per heavy atom. The van der Waals surface area contributed by atoms with Crippen LogP contribution in [0, 0.1) is 0 Å². The third-order valence-corrected chi connectivity index (χ3v) is 2.20. The highest BCUT2D eigenvalue weighted by Crippen LogP contribution is 2.24. The molecule has 0 spiro atoms. The summed E-state index contributed by atoms with van der Waals surface area (Å²) in [6.45, 7) is 1.75. The minimum absolute atomic E-state index is 0.255. The molecule has 0 aliphatic heterocycles. The number of phenols is 2. The summed E-state index contributed by atoms with van der Waals surface area (Å²) in [4.78, 5) is 11.6. The number of phenolic OH excluding ortho intramolecular Hbond substituents is 2. The van der Waals surface area contributed by atoms with E-state index in [1.807, 2.05) is 0 Å². The molecule has 1 aromatic carbocycles. The van der Waals surface area contributed by atoms with Gasteiger partial charge in [0.25, 0.3) is 5.91 Å². The van der Waals surface area contributed by atoms with E-state index >= 15 is 0 Å². The van der Waals surface area contributed by atoms with Crippen LogP contribution in [0.4, 0.5) is 0 Å². The molecule has 6 heteroatoms. The fraction of sp³-hybridized carbons (Fsp3) is 0.417. The van der Waals surface area contributed by atoms with Crippen molar-refractivity contribution in [3.05, 3.63) is 23.8 Å². The van der Waals surface area contributed by atoms with Crippen molar-refractivity contribution in [2.24, 2.45) is 0 Å². The number of hydrogen-bond acceptors (Lipinski definition) is 5. The topological polar surface area (TPSA) is 88.0 Å². The van der Waals surface area contributed by atoms with E-state index in [1.165, 1.54) is 18.2 Å². The van der Waals surface area contributed by atoms with Crippen LogP contribution in [-0.2, 0) is 9.47 Å². The zero-order valence-corrected chi connectivity index (χ0v) is 10.2. The minimum atomic E-state index is -0.333. The highest BCUT2D eigenvalue weighted by molar-refractivity contribution is 5.94. The molecule has 1 rings (SSSR count). The number of methoxy groups -OCH3 is 1. The van der Waals surface area contributed by atoms with Gasteiger partial charge in [0.05, 0.1) is 19.8 Å². The van der Waals surface area contributed by atoms with Crippen molar-refractivity contribution < 1.29 is 24.5 Å². The lowest BCUT2D eigenvalue weighted by atomic mass is 10.2. The maximum atomic E-state index is 11.6. The van der Waals surface area contributed by atoms with Gasteiger partial charge in [-0.3, -0.25) is 4.79 Å². The standard InChI is InChI=1S/C12H17NO5/c1-17-6-7-18-5-4-13-12(16)9-2-3-10(14)11(15)8-9/h2-3,8,14-15H,4-7H2,1H3,(H,13,16). The SMILES string of the molecule is COCCOCCNC(=O)c1ccc(O)c(O)c1. The summed E-state index contributed by atoms with van der Waals surface area (Å²) in [6.07, 6.45) is 0. The zero-order valence-electron chi connectivity index (χ0n) is 10.2. The van der Waals surface area contributed by atoms with Crippen LogP contribution in [0.2, 0.25) is 0 Å². The molecule has 0 radical (unpaired) electrons. The lowest BCUT2D eigenvalue weighted by Crippen LogP contribution is -2.27. The smallest absolute Gasteiger partial charge is 0.251 e. The third kappa shape index (κ3) is 4.60. The number of rotatable bonds is 7. The van der Waals surface area contributed by atoms with Crippen molar-refractivity contribution >= 4 is 5.91 Å².